The van der Waals surface area contributed by atoms with Gasteiger partial charge in [-0.3, -0.25) is 0 Å². The molecule has 4 atom stereocenters. The lowest BCUT2D eigenvalue weighted by atomic mass is 9.89. The van der Waals surface area contributed by atoms with Gasteiger partial charge < -0.3 is 15.0 Å². The second-order valence-electron chi connectivity index (χ2n) is 7.02. The number of benzene rings is 1. The van der Waals surface area contributed by atoms with Gasteiger partial charge >= 0.3 is 0 Å². The van der Waals surface area contributed by atoms with Gasteiger partial charge in [-0.05, 0) is 44.8 Å². The number of nitrogens with zero attached hydrogens (tertiary/aromatic N) is 1. The Morgan fingerprint density at radius 3 is 3.05 bits per heavy atom. The van der Waals surface area contributed by atoms with E-state index in [0.717, 1.165) is 18.4 Å². The van der Waals surface area contributed by atoms with Gasteiger partial charge in [0.2, 0.25) is 0 Å². The fourth-order valence-corrected chi connectivity index (χ4v) is 4.38. The smallest absolute Gasteiger partial charge is 0.124 e. The van der Waals surface area contributed by atoms with Crippen molar-refractivity contribution >= 4 is 0 Å². The lowest BCUT2D eigenvalue weighted by Gasteiger charge is -2.40. The first-order valence-corrected chi connectivity index (χ1v) is 8.53. The molecule has 3 heteroatoms. The van der Waals surface area contributed by atoms with E-state index >= 15 is 0 Å². The molecule has 0 radical (unpaired) electrons. The minimum absolute atomic E-state index is 0.452. The van der Waals surface area contributed by atoms with Gasteiger partial charge in [-0.15, -0.1) is 0 Å². The van der Waals surface area contributed by atoms with Crippen molar-refractivity contribution in [3.8, 4) is 5.75 Å². The molecular formula is C18H26N2O. The Morgan fingerprint density at radius 1 is 1.19 bits per heavy atom. The monoisotopic (exact) mass is 286 g/mol. The molecule has 21 heavy (non-hydrogen) atoms. The quantitative estimate of drug-likeness (QED) is 0.904. The average Bonchev–Trinajstić information content (AvgIpc) is 2.98. The molecule has 2 saturated heterocycles. The Labute approximate surface area is 127 Å². The molecule has 3 aliphatic heterocycles. The van der Waals surface area contributed by atoms with Crippen LogP contribution in [0.1, 0.15) is 44.2 Å². The Bertz CT molecular complexity index is 504. The van der Waals surface area contributed by atoms with Crippen LogP contribution >= 0.6 is 0 Å². The van der Waals surface area contributed by atoms with Crippen LogP contribution in [0.15, 0.2) is 24.3 Å². The van der Waals surface area contributed by atoms with E-state index in [4.69, 9.17) is 4.74 Å². The summed E-state index contributed by atoms with van der Waals surface area (Å²) in [4.78, 5) is 2.69. The summed E-state index contributed by atoms with van der Waals surface area (Å²) in [6.07, 6.45) is 5.42. The van der Waals surface area contributed by atoms with E-state index < -0.39 is 0 Å². The highest BCUT2D eigenvalue weighted by atomic mass is 16.5. The highest BCUT2D eigenvalue weighted by Gasteiger charge is 2.35. The normalized spacial score (nSPS) is 35.9. The molecule has 0 aromatic heterocycles. The Balaban J connectivity index is 1.49. The van der Waals surface area contributed by atoms with Crippen molar-refractivity contribution in [3.05, 3.63) is 29.8 Å². The molecule has 3 nitrogen and oxygen atoms in total. The van der Waals surface area contributed by atoms with Gasteiger partial charge in [-0.2, -0.15) is 0 Å². The van der Waals surface area contributed by atoms with Crippen molar-refractivity contribution in [2.75, 3.05) is 19.7 Å². The molecule has 0 amide bonds. The third-order valence-corrected chi connectivity index (χ3v) is 5.56. The van der Waals surface area contributed by atoms with Crippen LogP contribution in [0.25, 0.3) is 0 Å². The maximum absolute atomic E-state index is 5.88. The summed E-state index contributed by atoms with van der Waals surface area (Å²) in [5.74, 6) is 1.62. The third-order valence-electron chi connectivity index (χ3n) is 5.56. The topological polar surface area (TPSA) is 24.5 Å². The molecule has 1 aromatic rings. The number of hydrogen-bond donors (Lipinski definition) is 1. The van der Waals surface area contributed by atoms with Crippen molar-refractivity contribution < 1.29 is 4.74 Å². The molecule has 114 valence electrons. The number of hydrogen-bond acceptors (Lipinski definition) is 3. The Kier molecular flexibility index (Phi) is 3.64. The number of nitrogens with one attached hydrogen (secondary N) is 1. The Morgan fingerprint density at radius 2 is 2.10 bits per heavy atom. The van der Waals surface area contributed by atoms with Gasteiger partial charge in [0.05, 0.1) is 6.61 Å². The minimum atomic E-state index is 0.452. The van der Waals surface area contributed by atoms with E-state index in [1.807, 2.05) is 0 Å². The number of rotatable bonds is 2. The molecule has 4 rings (SSSR count). The zero-order chi connectivity index (χ0) is 14.2. The molecule has 0 aliphatic carbocycles. The first kappa shape index (κ1) is 13.6. The highest BCUT2D eigenvalue weighted by Crippen LogP contribution is 2.36. The summed E-state index contributed by atoms with van der Waals surface area (Å²) in [7, 11) is 0. The van der Waals surface area contributed by atoms with E-state index in [-0.39, 0.29) is 0 Å². The summed E-state index contributed by atoms with van der Waals surface area (Å²) >= 11 is 0. The lowest BCUT2D eigenvalue weighted by Crippen LogP contribution is -2.48. The molecule has 1 N–H and O–H groups in total. The van der Waals surface area contributed by atoms with E-state index in [2.05, 4.69) is 41.4 Å². The molecule has 3 heterocycles. The zero-order valence-electron chi connectivity index (χ0n) is 12.9. The number of piperidine rings is 1. The molecule has 3 aliphatic rings. The second-order valence-corrected chi connectivity index (χ2v) is 7.02. The van der Waals surface area contributed by atoms with E-state index in [1.54, 1.807) is 0 Å². The van der Waals surface area contributed by atoms with Crippen molar-refractivity contribution in [2.45, 2.75) is 50.7 Å². The van der Waals surface area contributed by atoms with Gasteiger partial charge in [0.25, 0.3) is 0 Å². The molecule has 0 spiro atoms. The molecule has 0 saturated carbocycles. The predicted octanol–water partition coefficient (Wildman–Crippen LogP) is 2.97. The second kappa shape index (κ2) is 5.62. The highest BCUT2D eigenvalue weighted by molar-refractivity contribution is 5.38. The number of fused-ring (bicyclic) bond motifs is 2. The van der Waals surface area contributed by atoms with Crippen LogP contribution in [0.4, 0.5) is 0 Å². The summed E-state index contributed by atoms with van der Waals surface area (Å²) in [5, 5.41) is 3.97. The van der Waals surface area contributed by atoms with Gasteiger partial charge in [0.15, 0.2) is 0 Å². The fourth-order valence-electron chi connectivity index (χ4n) is 4.38. The summed E-state index contributed by atoms with van der Waals surface area (Å²) in [5.41, 5.74) is 1.35. The maximum Gasteiger partial charge on any atom is 0.124 e. The first-order chi connectivity index (χ1) is 10.3. The van der Waals surface area contributed by atoms with Gasteiger partial charge in [-0.25, -0.2) is 0 Å². The predicted molar refractivity (Wildman–Crippen MR) is 84.6 cm³/mol. The molecule has 4 unspecified atom stereocenters. The SMILES string of the molecule is CC1COc2ccccc2C1NC1CCN2CCCC2C1. The van der Waals surface area contributed by atoms with Crippen molar-refractivity contribution in [3.63, 3.8) is 0 Å². The summed E-state index contributed by atoms with van der Waals surface area (Å²) in [6, 6.07) is 10.5. The van der Waals surface area contributed by atoms with Crippen LogP contribution in [0.3, 0.4) is 0 Å². The van der Waals surface area contributed by atoms with Crippen LogP contribution in [-0.4, -0.2) is 36.7 Å². The van der Waals surface area contributed by atoms with E-state index in [1.165, 1.54) is 44.3 Å². The maximum atomic E-state index is 5.88. The molecular weight excluding hydrogens is 260 g/mol. The van der Waals surface area contributed by atoms with Gasteiger partial charge in [-0.1, -0.05) is 25.1 Å². The lowest BCUT2D eigenvalue weighted by molar-refractivity contribution is 0.134. The van der Waals surface area contributed by atoms with Crippen LogP contribution < -0.4 is 10.1 Å². The molecule has 2 fully saturated rings. The average molecular weight is 286 g/mol. The van der Waals surface area contributed by atoms with Gasteiger partial charge in [0.1, 0.15) is 5.75 Å². The zero-order valence-corrected chi connectivity index (χ0v) is 12.9. The van der Waals surface area contributed by atoms with Gasteiger partial charge in [0, 0.05) is 29.6 Å². The van der Waals surface area contributed by atoms with Crippen molar-refractivity contribution in [1.29, 1.82) is 0 Å². The van der Waals surface area contributed by atoms with Crippen molar-refractivity contribution in [2.24, 2.45) is 5.92 Å². The summed E-state index contributed by atoms with van der Waals surface area (Å²) < 4.78 is 5.88. The van der Waals surface area contributed by atoms with Crippen LogP contribution in [0.2, 0.25) is 0 Å². The van der Waals surface area contributed by atoms with E-state index in [9.17, 15) is 0 Å². The third kappa shape index (κ3) is 2.58. The molecule has 1 aromatic carbocycles. The van der Waals surface area contributed by atoms with Crippen LogP contribution in [-0.2, 0) is 0 Å². The first-order valence-electron chi connectivity index (χ1n) is 8.53. The molecule has 0 bridgehead atoms. The van der Waals surface area contributed by atoms with Crippen LogP contribution in [0, 0.1) is 5.92 Å². The summed E-state index contributed by atoms with van der Waals surface area (Å²) in [6.45, 7) is 5.74. The number of ether oxygens (including phenoxy) is 1. The largest absolute Gasteiger partial charge is 0.493 e. The van der Waals surface area contributed by atoms with Crippen LogP contribution in [0.5, 0.6) is 5.75 Å². The number of para-hydroxylation sites is 1. The standard InChI is InChI=1S/C18H26N2O/c1-13-12-21-17-7-3-2-6-16(17)18(13)19-14-8-10-20-9-4-5-15(20)11-14/h2-3,6-7,13-15,18-19H,4-5,8-12H2,1H3. The Hall–Kier alpha value is -1.06. The van der Waals surface area contributed by atoms with E-state index in [0.29, 0.717) is 18.0 Å². The minimum Gasteiger partial charge on any atom is -0.493 e. The van der Waals surface area contributed by atoms with Crippen molar-refractivity contribution in [1.82, 2.24) is 10.2 Å². The fraction of sp³-hybridized carbons (Fsp3) is 0.667.